The Morgan fingerprint density at radius 1 is 0.862 bits per heavy atom. The summed E-state index contributed by atoms with van der Waals surface area (Å²) in [4.78, 5) is 2.13. The number of fused-ring (bicyclic) bond motifs is 3. The van der Waals surface area contributed by atoms with Crippen molar-refractivity contribution in [2.75, 3.05) is 19.0 Å². The Morgan fingerprint density at radius 3 is 1.86 bits per heavy atom. The molecular formula is C26H30N2Ti. The van der Waals surface area contributed by atoms with Crippen LogP contribution >= 0.6 is 0 Å². The smallest absolute Gasteiger partial charge is 0.693 e. The van der Waals surface area contributed by atoms with Gasteiger partial charge in [0, 0.05) is 20.0 Å². The summed E-state index contributed by atoms with van der Waals surface area (Å²) in [5.41, 5.74) is 9.43. The van der Waals surface area contributed by atoms with E-state index in [1.807, 2.05) is 0 Å². The minimum absolute atomic E-state index is 0. The first-order valence-electron chi connectivity index (χ1n) is 9.70. The van der Waals surface area contributed by atoms with Crippen molar-refractivity contribution in [1.82, 2.24) is 0 Å². The molecule has 1 aliphatic rings. The van der Waals surface area contributed by atoms with Crippen LogP contribution in [-0.2, 0) is 27.1 Å². The van der Waals surface area contributed by atoms with Crippen LogP contribution in [0.5, 0.6) is 0 Å². The van der Waals surface area contributed by atoms with E-state index in [4.69, 9.17) is 0 Å². The van der Waals surface area contributed by atoms with Crippen LogP contribution in [0.4, 0.5) is 5.69 Å². The Hall–Kier alpha value is -2.00. The standard InChI is InChI=1S/C26H28N.H2N.Ti/c1-18-16-19(27(4)5)14-15-25(18)26(2,3)17-24-22-12-8-6-10-20(22)21-11-7-9-13-23(21)24;;/h6-16,24H,1,17H2,2-5H3;1H2;/q2*-1;+2. The number of hydrogen-bond donors (Lipinski definition) is 0. The van der Waals surface area contributed by atoms with E-state index in [1.54, 1.807) is 0 Å². The van der Waals surface area contributed by atoms with Gasteiger partial charge in [-0.3, -0.25) is 0 Å². The monoisotopic (exact) mass is 418 g/mol. The molecule has 0 radical (unpaired) electrons. The van der Waals surface area contributed by atoms with Crippen molar-refractivity contribution in [2.45, 2.75) is 31.6 Å². The van der Waals surface area contributed by atoms with E-state index in [-0.39, 0.29) is 33.3 Å². The van der Waals surface area contributed by atoms with Crippen molar-refractivity contribution >= 4 is 5.69 Å². The van der Waals surface area contributed by atoms with E-state index in [9.17, 15) is 0 Å². The molecule has 0 saturated carbocycles. The fourth-order valence-corrected chi connectivity index (χ4v) is 4.62. The average Bonchev–Trinajstić information content (AvgIpc) is 2.95. The van der Waals surface area contributed by atoms with Crippen LogP contribution in [-0.4, -0.2) is 14.1 Å². The number of nitrogens with two attached hydrogens (primary N) is 1. The van der Waals surface area contributed by atoms with E-state index >= 15 is 0 Å². The first-order valence-corrected chi connectivity index (χ1v) is 9.70. The van der Waals surface area contributed by atoms with Crippen molar-refractivity contribution in [1.29, 1.82) is 0 Å². The number of anilines is 1. The second-order valence-corrected chi connectivity index (χ2v) is 8.55. The van der Waals surface area contributed by atoms with Crippen LogP contribution in [0.1, 0.15) is 48.4 Å². The third-order valence-electron chi connectivity index (χ3n) is 6.01. The second kappa shape index (κ2) is 8.79. The summed E-state index contributed by atoms with van der Waals surface area (Å²) in [5, 5.41) is 0. The van der Waals surface area contributed by atoms with Crippen molar-refractivity contribution in [2.24, 2.45) is 0 Å². The van der Waals surface area contributed by atoms with Gasteiger partial charge in [-0.05, 0) is 34.4 Å². The van der Waals surface area contributed by atoms with Crippen LogP contribution in [0.15, 0.2) is 66.7 Å². The molecule has 1 aliphatic carbocycles. The van der Waals surface area contributed by atoms with Gasteiger partial charge in [-0.25, -0.2) is 0 Å². The van der Waals surface area contributed by atoms with Crippen LogP contribution in [0.3, 0.4) is 0 Å². The molecule has 3 heteroatoms. The van der Waals surface area contributed by atoms with Gasteiger partial charge in [0.15, 0.2) is 0 Å². The molecule has 0 spiro atoms. The van der Waals surface area contributed by atoms with Gasteiger partial charge in [-0.2, -0.15) is 12.5 Å². The second-order valence-electron chi connectivity index (χ2n) is 8.55. The third kappa shape index (κ3) is 4.16. The predicted octanol–water partition coefficient (Wildman–Crippen LogP) is 7.13. The fourth-order valence-electron chi connectivity index (χ4n) is 4.62. The molecule has 0 aromatic heterocycles. The summed E-state index contributed by atoms with van der Waals surface area (Å²) < 4.78 is 0. The molecule has 2 nitrogen and oxygen atoms in total. The summed E-state index contributed by atoms with van der Waals surface area (Å²) in [6.07, 6.45) is 1.07. The number of nitrogens with zero attached hydrogens (tertiary/aromatic N) is 1. The van der Waals surface area contributed by atoms with Gasteiger partial charge in [0.1, 0.15) is 0 Å². The Bertz CT molecular complexity index is 946. The van der Waals surface area contributed by atoms with Gasteiger partial charge in [0.05, 0.1) is 0 Å². The Labute approximate surface area is 190 Å². The number of benzene rings is 3. The van der Waals surface area contributed by atoms with Gasteiger partial charge in [0.25, 0.3) is 0 Å². The van der Waals surface area contributed by atoms with Crippen molar-refractivity contribution in [3.8, 4) is 11.1 Å². The maximum absolute atomic E-state index is 4.37. The topological polar surface area (TPSA) is 36.7 Å². The van der Waals surface area contributed by atoms with Gasteiger partial charge < -0.3 is 11.1 Å². The van der Waals surface area contributed by atoms with Gasteiger partial charge >= 0.3 is 21.7 Å². The summed E-state index contributed by atoms with van der Waals surface area (Å²) >= 11 is 0. The molecule has 0 unspecified atom stereocenters. The van der Waals surface area contributed by atoms with Crippen LogP contribution < -0.4 is 4.90 Å². The van der Waals surface area contributed by atoms with Crippen LogP contribution in [0, 0.1) is 6.92 Å². The molecule has 0 atom stereocenters. The van der Waals surface area contributed by atoms with E-state index in [1.165, 1.54) is 33.5 Å². The Balaban J connectivity index is 0.00000150. The normalized spacial score (nSPS) is 12.4. The molecule has 29 heavy (non-hydrogen) atoms. The summed E-state index contributed by atoms with van der Waals surface area (Å²) in [6, 6.07) is 24.5. The van der Waals surface area contributed by atoms with Crippen LogP contribution in [0.2, 0.25) is 0 Å². The maximum atomic E-state index is 4.37. The number of rotatable bonds is 4. The zero-order valence-electron chi connectivity index (χ0n) is 17.9. The van der Waals surface area contributed by atoms with Gasteiger partial charge in [-0.15, -0.1) is 17.7 Å². The molecule has 0 amide bonds. The minimum Gasteiger partial charge on any atom is -0.693 e. The molecule has 2 N–H and O–H groups in total. The van der Waals surface area contributed by atoms with Gasteiger partial charge in [-0.1, -0.05) is 73.9 Å². The summed E-state index contributed by atoms with van der Waals surface area (Å²) in [5.74, 6) is 0.431. The molecule has 3 aromatic carbocycles. The summed E-state index contributed by atoms with van der Waals surface area (Å²) in [6.45, 7) is 9.08. The van der Waals surface area contributed by atoms with Crippen molar-refractivity contribution < 1.29 is 21.7 Å². The quantitative estimate of drug-likeness (QED) is 0.328. The third-order valence-corrected chi connectivity index (χ3v) is 6.01. The fraction of sp³-hybridized carbons (Fsp3) is 0.269. The largest absolute Gasteiger partial charge is 2.00 e. The van der Waals surface area contributed by atoms with E-state index in [0.717, 1.165) is 12.0 Å². The molecule has 0 saturated heterocycles. The minimum atomic E-state index is 0. The molecule has 4 rings (SSSR count). The van der Waals surface area contributed by atoms with Crippen molar-refractivity contribution in [3.05, 3.63) is 102 Å². The zero-order chi connectivity index (χ0) is 19.2. The van der Waals surface area contributed by atoms with E-state index in [2.05, 4.69) is 106 Å². The maximum Gasteiger partial charge on any atom is 2.00 e. The number of hydrogen-bond acceptors (Lipinski definition) is 1. The Kier molecular flexibility index (Phi) is 7.06. The SMILES string of the molecule is [CH2-]c1cc(N(C)C)ccc1C(C)(C)CC1c2ccccc2-c2ccccc21.[NH2-].[Ti+2]. The molecule has 3 aromatic rings. The predicted molar refractivity (Wildman–Crippen MR) is 122 cm³/mol. The molecule has 0 aliphatic heterocycles. The Morgan fingerprint density at radius 2 is 1.38 bits per heavy atom. The molecule has 148 valence electrons. The zero-order valence-corrected chi connectivity index (χ0v) is 19.4. The summed E-state index contributed by atoms with van der Waals surface area (Å²) in [7, 11) is 4.15. The van der Waals surface area contributed by atoms with E-state index < -0.39 is 0 Å². The molecule has 0 heterocycles. The van der Waals surface area contributed by atoms with Crippen LogP contribution in [0.25, 0.3) is 17.3 Å². The average molecular weight is 418 g/mol. The van der Waals surface area contributed by atoms with Crippen molar-refractivity contribution in [3.63, 3.8) is 0 Å². The van der Waals surface area contributed by atoms with Gasteiger partial charge in [0.2, 0.25) is 0 Å². The van der Waals surface area contributed by atoms with E-state index in [0.29, 0.717) is 5.92 Å². The first-order chi connectivity index (χ1) is 12.9. The molecule has 0 bridgehead atoms. The molecule has 0 fully saturated rings. The first kappa shape index (κ1) is 23.3. The molecular weight excluding hydrogens is 388 g/mol.